The van der Waals surface area contributed by atoms with Crippen LogP contribution in [0.4, 0.5) is 0 Å². The van der Waals surface area contributed by atoms with Gasteiger partial charge in [-0.1, -0.05) is 0 Å². The Hall–Kier alpha value is -0.650. The lowest BCUT2D eigenvalue weighted by molar-refractivity contribution is -0.141. The molecule has 1 atom stereocenters. The number of nitrogens with two attached hydrogens (primary N) is 1. The first-order valence-corrected chi connectivity index (χ1v) is 6.29. The van der Waals surface area contributed by atoms with Gasteiger partial charge in [0.15, 0.2) is 0 Å². The predicted molar refractivity (Wildman–Crippen MR) is 65.6 cm³/mol. The number of carbonyl (C=O) groups is 1. The van der Waals surface area contributed by atoms with Crippen LogP contribution in [0.1, 0.15) is 26.2 Å². The second-order valence-electron chi connectivity index (χ2n) is 4.61. The lowest BCUT2D eigenvalue weighted by Crippen LogP contribution is -2.42. The van der Waals surface area contributed by atoms with E-state index in [9.17, 15) is 4.79 Å². The van der Waals surface area contributed by atoms with E-state index in [-0.39, 0.29) is 18.1 Å². The summed E-state index contributed by atoms with van der Waals surface area (Å²) in [5.41, 5.74) is 5.53. The third-order valence-electron chi connectivity index (χ3n) is 3.12. The number of carbonyl (C=O) groups excluding carboxylic acids is 1. The van der Waals surface area contributed by atoms with Gasteiger partial charge in [-0.25, -0.2) is 0 Å². The van der Waals surface area contributed by atoms with Gasteiger partial charge < -0.3 is 20.5 Å². The molecule has 1 saturated carbocycles. The summed E-state index contributed by atoms with van der Waals surface area (Å²) < 4.78 is 10.5. The molecule has 100 valence electrons. The van der Waals surface area contributed by atoms with Gasteiger partial charge in [0.1, 0.15) is 6.10 Å². The van der Waals surface area contributed by atoms with Crippen molar-refractivity contribution in [3.8, 4) is 0 Å². The Bertz CT molecular complexity index is 230. The molecule has 0 aromatic heterocycles. The number of amides is 1. The fraction of sp³-hybridized carbons (Fsp3) is 0.917. The maximum absolute atomic E-state index is 11.6. The minimum atomic E-state index is -0.374. The van der Waals surface area contributed by atoms with Crippen LogP contribution in [0.15, 0.2) is 0 Å². The summed E-state index contributed by atoms with van der Waals surface area (Å²) in [5, 5.41) is 2.83. The molecule has 0 saturated heterocycles. The van der Waals surface area contributed by atoms with E-state index in [1.807, 2.05) is 0 Å². The summed E-state index contributed by atoms with van der Waals surface area (Å²) in [5.74, 6) is 0.536. The van der Waals surface area contributed by atoms with Crippen LogP contribution in [0.25, 0.3) is 0 Å². The van der Waals surface area contributed by atoms with E-state index in [4.69, 9.17) is 15.2 Å². The zero-order valence-electron chi connectivity index (χ0n) is 10.8. The molecule has 3 N–H and O–H groups in total. The van der Waals surface area contributed by atoms with Crippen molar-refractivity contribution in [3.05, 3.63) is 0 Å². The Kier molecular flexibility index (Phi) is 6.47. The number of hydrogen-bond donors (Lipinski definition) is 2. The van der Waals surface area contributed by atoms with Crippen molar-refractivity contribution in [1.29, 1.82) is 0 Å². The molecule has 0 radical (unpaired) electrons. The summed E-state index contributed by atoms with van der Waals surface area (Å²) in [6.07, 6.45) is 2.63. The Morgan fingerprint density at radius 2 is 2.24 bits per heavy atom. The maximum atomic E-state index is 11.6. The fourth-order valence-corrected chi connectivity index (χ4v) is 1.90. The summed E-state index contributed by atoms with van der Waals surface area (Å²) in [6, 6.07) is 0. The molecule has 1 aliphatic rings. The van der Waals surface area contributed by atoms with Crippen molar-refractivity contribution in [1.82, 2.24) is 5.32 Å². The summed E-state index contributed by atoms with van der Waals surface area (Å²) in [7, 11) is 1.65. The lowest BCUT2D eigenvalue weighted by atomic mass is 9.82. The molecule has 5 heteroatoms. The van der Waals surface area contributed by atoms with E-state index in [1.54, 1.807) is 14.0 Å². The van der Waals surface area contributed by atoms with E-state index < -0.39 is 0 Å². The Morgan fingerprint density at radius 3 is 2.82 bits per heavy atom. The number of rotatable bonds is 8. The highest BCUT2D eigenvalue weighted by molar-refractivity contribution is 5.80. The van der Waals surface area contributed by atoms with E-state index in [0.717, 1.165) is 25.8 Å². The smallest absolute Gasteiger partial charge is 0.248 e. The molecule has 1 aliphatic carbocycles. The van der Waals surface area contributed by atoms with Crippen molar-refractivity contribution in [3.63, 3.8) is 0 Å². The monoisotopic (exact) mass is 244 g/mol. The topological polar surface area (TPSA) is 73.6 Å². The van der Waals surface area contributed by atoms with Crippen molar-refractivity contribution in [2.45, 2.75) is 38.4 Å². The van der Waals surface area contributed by atoms with Crippen LogP contribution >= 0.6 is 0 Å². The molecule has 1 amide bonds. The predicted octanol–water partition coefficient (Wildman–Crippen LogP) is 0.282. The van der Waals surface area contributed by atoms with Gasteiger partial charge >= 0.3 is 0 Å². The van der Waals surface area contributed by atoms with E-state index in [2.05, 4.69) is 5.32 Å². The number of ether oxygens (including phenoxy) is 2. The van der Waals surface area contributed by atoms with Gasteiger partial charge in [0, 0.05) is 20.3 Å². The molecule has 5 nitrogen and oxygen atoms in total. The minimum absolute atomic E-state index is 0.0442. The summed E-state index contributed by atoms with van der Waals surface area (Å²) in [6.45, 7) is 3.81. The largest absolute Gasteiger partial charge is 0.385 e. The van der Waals surface area contributed by atoms with Gasteiger partial charge in [-0.2, -0.15) is 0 Å². The first-order valence-electron chi connectivity index (χ1n) is 6.29. The standard InChI is InChI=1S/C12H24N2O3/c1-9(12(15)14-4-3-5-16-2)17-11-6-10(7-11)8-13/h9-11H,3-8,13H2,1-2H3,(H,14,15). The normalized spacial score (nSPS) is 25.1. The van der Waals surface area contributed by atoms with Gasteiger partial charge in [-0.3, -0.25) is 4.79 Å². The molecule has 0 aromatic carbocycles. The molecule has 0 spiro atoms. The third-order valence-corrected chi connectivity index (χ3v) is 3.12. The summed E-state index contributed by atoms with van der Waals surface area (Å²) >= 11 is 0. The molecule has 0 aliphatic heterocycles. The molecule has 0 aromatic rings. The minimum Gasteiger partial charge on any atom is -0.385 e. The van der Waals surface area contributed by atoms with Crippen molar-refractivity contribution >= 4 is 5.91 Å². The van der Waals surface area contributed by atoms with Gasteiger partial charge in [-0.15, -0.1) is 0 Å². The average molecular weight is 244 g/mol. The van der Waals surface area contributed by atoms with Crippen molar-refractivity contribution < 1.29 is 14.3 Å². The molecular formula is C12H24N2O3. The Balaban J connectivity index is 2.06. The molecule has 17 heavy (non-hydrogen) atoms. The van der Waals surface area contributed by atoms with Crippen LogP contribution in [0.5, 0.6) is 0 Å². The third kappa shape index (κ3) is 5.02. The van der Waals surface area contributed by atoms with Crippen LogP contribution in [0, 0.1) is 5.92 Å². The molecule has 0 heterocycles. The fourth-order valence-electron chi connectivity index (χ4n) is 1.90. The molecule has 1 fully saturated rings. The van der Waals surface area contributed by atoms with Crippen molar-refractivity contribution in [2.75, 3.05) is 26.8 Å². The highest BCUT2D eigenvalue weighted by atomic mass is 16.5. The van der Waals surface area contributed by atoms with E-state index in [1.165, 1.54) is 0 Å². The first-order chi connectivity index (χ1) is 8.17. The van der Waals surface area contributed by atoms with Crippen molar-refractivity contribution in [2.24, 2.45) is 11.7 Å². The highest BCUT2D eigenvalue weighted by Gasteiger charge is 2.31. The lowest BCUT2D eigenvalue weighted by Gasteiger charge is -2.35. The van der Waals surface area contributed by atoms with Gasteiger partial charge in [0.2, 0.25) is 5.91 Å². The molecule has 1 rings (SSSR count). The second kappa shape index (κ2) is 7.63. The number of nitrogens with one attached hydrogen (secondary N) is 1. The molecule has 1 unspecified atom stereocenters. The van der Waals surface area contributed by atoms with Gasteiger partial charge in [-0.05, 0) is 38.6 Å². The highest BCUT2D eigenvalue weighted by Crippen LogP contribution is 2.29. The molecule has 0 bridgehead atoms. The first kappa shape index (κ1) is 14.4. The van der Waals surface area contributed by atoms with E-state index in [0.29, 0.717) is 19.1 Å². The number of methoxy groups -OCH3 is 1. The van der Waals surface area contributed by atoms with Crippen LogP contribution < -0.4 is 11.1 Å². The maximum Gasteiger partial charge on any atom is 0.248 e. The SMILES string of the molecule is COCCCNC(=O)C(C)OC1CC(CN)C1. The quantitative estimate of drug-likeness (QED) is 0.602. The average Bonchev–Trinajstić information content (AvgIpc) is 2.28. The summed E-state index contributed by atoms with van der Waals surface area (Å²) in [4.78, 5) is 11.6. The van der Waals surface area contributed by atoms with Crippen LogP contribution in [-0.2, 0) is 14.3 Å². The van der Waals surface area contributed by atoms with Crippen LogP contribution in [0.2, 0.25) is 0 Å². The van der Waals surface area contributed by atoms with Gasteiger partial charge in [0.05, 0.1) is 6.10 Å². The Labute approximate surface area is 103 Å². The zero-order valence-corrected chi connectivity index (χ0v) is 10.8. The second-order valence-corrected chi connectivity index (χ2v) is 4.61. The van der Waals surface area contributed by atoms with E-state index >= 15 is 0 Å². The number of hydrogen-bond acceptors (Lipinski definition) is 4. The zero-order chi connectivity index (χ0) is 12.7. The van der Waals surface area contributed by atoms with Crippen LogP contribution in [-0.4, -0.2) is 44.9 Å². The van der Waals surface area contributed by atoms with Gasteiger partial charge in [0.25, 0.3) is 0 Å². The Morgan fingerprint density at radius 1 is 1.53 bits per heavy atom. The van der Waals surface area contributed by atoms with Crippen LogP contribution in [0.3, 0.4) is 0 Å². The molecular weight excluding hydrogens is 220 g/mol.